The van der Waals surface area contributed by atoms with Crippen molar-refractivity contribution < 1.29 is 19.4 Å². The number of carbonyl (C=O) groups is 1. The molecule has 0 spiro atoms. The summed E-state index contributed by atoms with van der Waals surface area (Å²) in [6.07, 6.45) is 1.73. The standard InChI is InChI=1S/C23H16N2O4/c26-18-9-7-17(8-10-18)25-22(16-4-2-1-3-5-16)24-19(23(25)27)12-15-6-11-20-21(13-15)29-14-28-20/h1-13,26H,14H2/b19-12+. The van der Waals surface area contributed by atoms with Crippen molar-refractivity contribution in [2.45, 2.75) is 0 Å². The first kappa shape index (κ1) is 17.1. The molecule has 6 nitrogen and oxygen atoms in total. The molecule has 2 aliphatic heterocycles. The molecule has 0 saturated heterocycles. The third-order valence-corrected chi connectivity index (χ3v) is 4.70. The zero-order valence-corrected chi connectivity index (χ0v) is 15.3. The number of rotatable bonds is 3. The van der Waals surface area contributed by atoms with Crippen LogP contribution in [0, 0.1) is 0 Å². The fourth-order valence-electron chi connectivity index (χ4n) is 3.30. The predicted octanol–water partition coefficient (Wildman–Crippen LogP) is 3.96. The fraction of sp³-hybridized carbons (Fsp3) is 0.0435. The molecule has 1 N–H and O–H groups in total. The molecule has 3 aromatic rings. The largest absolute Gasteiger partial charge is 0.508 e. The molecule has 0 aromatic heterocycles. The Morgan fingerprint density at radius 3 is 2.48 bits per heavy atom. The van der Waals surface area contributed by atoms with Gasteiger partial charge in [-0.2, -0.15) is 0 Å². The zero-order chi connectivity index (χ0) is 19.8. The number of aromatic hydroxyl groups is 1. The molecule has 0 bridgehead atoms. The summed E-state index contributed by atoms with van der Waals surface area (Å²) in [7, 11) is 0. The van der Waals surface area contributed by atoms with Crippen LogP contribution >= 0.6 is 0 Å². The topological polar surface area (TPSA) is 71.4 Å². The first-order valence-corrected chi connectivity index (χ1v) is 9.08. The van der Waals surface area contributed by atoms with Crippen LogP contribution < -0.4 is 14.4 Å². The minimum atomic E-state index is -0.243. The molecule has 3 aromatic carbocycles. The lowest BCUT2D eigenvalue weighted by molar-refractivity contribution is -0.113. The van der Waals surface area contributed by atoms with Crippen LogP contribution in [-0.4, -0.2) is 23.6 Å². The molecule has 0 aliphatic carbocycles. The van der Waals surface area contributed by atoms with E-state index in [9.17, 15) is 9.90 Å². The normalized spacial score (nSPS) is 16.4. The van der Waals surface area contributed by atoms with Crippen molar-refractivity contribution in [3.63, 3.8) is 0 Å². The molecular weight excluding hydrogens is 368 g/mol. The molecule has 0 unspecified atom stereocenters. The Morgan fingerprint density at radius 1 is 0.931 bits per heavy atom. The summed E-state index contributed by atoms with van der Waals surface area (Å²) >= 11 is 0. The summed E-state index contributed by atoms with van der Waals surface area (Å²) in [6, 6.07) is 21.5. The molecular formula is C23H16N2O4. The van der Waals surface area contributed by atoms with Crippen molar-refractivity contribution in [2.75, 3.05) is 11.7 Å². The average molecular weight is 384 g/mol. The molecule has 2 heterocycles. The third-order valence-electron chi connectivity index (χ3n) is 4.70. The number of amides is 1. The number of nitrogens with zero attached hydrogens (tertiary/aromatic N) is 2. The van der Waals surface area contributed by atoms with Gasteiger partial charge in [0, 0.05) is 5.56 Å². The van der Waals surface area contributed by atoms with Crippen LogP contribution in [0.5, 0.6) is 17.2 Å². The fourth-order valence-corrected chi connectivity index (χ4v) is 3.30. The summed E-state index contributed by atoms with van der Waals surface area (Å²) in [5.74, 6) is 1.76. The van der Waals surface area contributed by atoms with Crippen LogP contribution in [0.25, 0.3) is 6.08 Å². The second kappa shape index (κ2) is 6.83. The SMILES string of the molecule is O=C1/C(=C\c2ccc3c(c2)OCO3)N=C(c2ccccc2)N1c1ccc(O)cc1. The van der Waals surface area contributed by atoms with Crippen LogP contribution in [0.1, 0.15) is 11.1 Å². The number of hydrogen-bond acceptors (Lipinski definition) is 5. The molecule has 1 amide bonds. The number of carbonyl (C=O) groups excluding carboxylic acids is 1. The number of hydrogen-bond donors (Lipinski definition) is 1. The van der Waals surface area contributed by atoms with E-state index in [4.69, 9.17) is 9.47 Å². The Kier molecular flexibility index (Phi) is 4.02. The van der Waals surface area contributed by atoms with Gasteiger partial charge in [0.1, 0.15) is 17.3 Å². The van der Waals surface area contributed by atoms with Gasteiger partial charge in [-0.1, -0.05) is 36.4 Å². The summed E-state index contributed by atoms with van der Waals surface area (Å²) in [5.41, 5.74) is 2.56. The number of benzene rings is 3. The zero-order valence-electron chi connectivity index (χ0n) is 15.3. The van der Waals surface area contributed by atoms with Crippen LogP contribution in [0.3, 0.4) is 0 Å². The lowest BCUT2D eigenvalue weighted by Crippen LogP contribution is -2.32. The Labute approximate surface area is 167 Å². The molecule has 0 atom stereocenters. The maximum Gasteiger partial charge on any atom is 0.282 e. The number of phenolic OH excluding ortho intramolecular Hbond substituents is 1. The van der Waals surface area contributed by atoms with Crippen molar-refractivity contribution >= 4 is 23.5 Å². The van der Waals surface area contributed by atoms with E-state index in [1.54, 1.807) is 35.2 Å². The monoisotopic (exact) mass is 384 g/mol. The van der Waals surface area contributed by atoms with Gasteiger partial charge in [-0.25, -0.2) is 4.99 Å². The maximum atomic E-state index is 13.2. The highest BCUT2D eigenvalue weighted by Gasteiger charge is 2.32. The number of anilines is 1. The number of amidine groups is 1. The molecule has 5 rings (SSSR count). The first-order valence-electron chi connectivity index (χ1n) is 9.08. The van der Waals surface area contributed by atoms with E-state index in [0.717, 1.165) is 11.1 Å². The first-order chi connectivity index (χ1) is 14.2. The summed E-state index contributed by atoms with van der Waals surface area (Å²) in [4.78, 5) is 19.4. The van der Waals surface area contributed by atoms with Crippen molar-refractivity contribution in [3.8, 4) is 17.2 Å². The Morgan fingerprint density at radius 2 is 1.69 bits per heavy atom. The molecule has 142 valence electrons. The minimum absolute atomic E-state index is 0.134. The van der Waals surface area contributed by atoms with Crippen LogP contribution in [-0.2, 0) is 4.79 Å². The van der Waals surface area contributed by atoms with Gasteiger partial charge in [0.05, 0.1) is 5.69 Å². The molecule has 0 saturated carbocycles. The van der Waals surface area contributed by atoms with Crippen LogP contribution in [0.4, 0.5) is 5.69 Å². The van der Waals surface area contributed by atoms with Crippen molar-refractivity contribution in [1.82, 2.24) is 0 Å². The molecule has 6 heteroatoms. The molecule has 29 heavy (non-hydrogen) atoms. The van der Waals surface area contributed by atoms with Crippen LogP contribution in [0.15, 0.2) is 83.5 Å². The van der Waals surface area contributed by atoms with Gasteiger partial charge in [-0.05, 0) is 48.0 Å². The van der Waals surface area contributed by atoms with E-state index < -0.39 is 0 Å². The van der Waals surface area contributed by atoms with Gasteiger partial charge in [0.15, 0.2) is 11.5 Å². The van der Waals surface area contributed by atoms with Gasteiger partial charge in [0.25, 0.3) is 5.91 Å². The molecule has 0 fully saturated rings. The average Bonchev–Trinajstić information content (AvgIpc) is 3.34. The van der Waals surface area contributed by atoms with Gasteiger partial charge >= 0.3 is 0 Å². The Bertz CT molecular complexity index is 1150. The number of aliphatic imine (C=N–C) groups is 1. The summed E-state index contributed by atoms with van der Waals surface area (Å²) in [6.45, 7) is 0.194. The Hall–Kier alpha value is -4.06. The second-order valence-electron chi connectivity index (χ2n) is 6.60. The van der Waals surface area contributed by atoms with Gasteiger partial charge < -0.3 is 14.6 Å². The lowest BCUT2D eigenvalue weighted by Gasteiger charge is -2.18. The van der Waals surface area contributed by atoms with E-state index in [-0.39, 0.29) is 18.4 Å². The third kappa shape index (κ3) is 3.10. The van der Waals surface area contributed by atoms with Gasteiger partial charge in [-0.15, -0.1) is 0 Å². The molecule has 0 radical (unpaired) electrons. The van der Waals surface area contributed by atoms with E-state index in [0.29, 0.717) is 28.7 Å². The highest BCUT2D eigenvalue weighted by atomic mass is 16.7. The van der Waals surface area contributed by atoms with Crippen LogP contribution in [0.2, 0.25) is 0 Å². The van der Waals surface area contributed by atoms with Crippen molar-refractivity contribution in [2.24, 2.45) is 4.99 Å². The number of fused-ring (bicyclic) bond motifs is 1. The van der Waals surface area contributed by atoms with Gasteiger partial charge in [-0.3, -0.25) is 9.69 Å². The smallest absolute Gasteiger partial charge is 0.282 e. The highest BCUT2D eigenvalue weighted by molar-refractivity contribution is 6.33. The maximum absolute atomic E-state index is 13.2. The van der Waals surface area contributed by atoms with Crippen molar-refractivity contribution in [3.05, 3.63) is 89.6 Å². The van der Waals surface area contributed by atoms with E-state index >= 15 is 0 Å². The summed E-state index contributed by atoms with van der Waals surface area (Å²) in [5, 5.41) is 9.60. The van der Waals surface area contributed by atoms with E-state index in [1.807, 2.05) is 48.5 Å². The second-order valence-corrected chi connectivity index (χ2v) is 6.60. The highest BCUT2D eigenvalue weighted by Crippen LogP contribution is 2.34. The predicted molar refractivity (Wildman–Crippen MR) is 109 cm³/mol. The van der Waals surface area contributed by atoms with Crippen molar-refractivity contribution in [1.29, 1.82) is 0 Å². The molecule has 2 aliphatic rings. The van der Waals surface area contributed by atoms with Gasteiger partial charge in [0.2, 0.25) is 6.79 Å². The van der Waals surface area contributed by atoms with E-state index in [2.05, 4.69) is 4.99 Å². The van der Waals surface area contributed by atoms with E-state index in [1.165, 1.54) is 0 Å². The number of ether oxygens (including phenoxy) is 2. The minimum Gasteiger partial charge on any atom is -0.508 e. The Balaban J connectivity index is 1.59. The quantitative estimate of drug-likeness (QED) is 0.694. The lowest BCUT2D eigenvalue weighted by atomic mass is 10.1. The number of phenols is 1. The summed E-state index contributed by atoms with van der Waals surface area (Å²) < 4.78 is 10.8.